The van der Waals surface area contributed by atoms with Crippen LogP contribution in [0.15, 0.2) is 42.9 Å². The van der Waals surface area contributed by atoms with Gasteiger partial charge in [-0.1, -0.05) is 0 Å². The highest BCUT2D eigenvalue weighted by Crippen LogP contribution is 2.37. The van der Waals surface area contributed by atoms with Crippen molar-refractivity contribution in [1.82, 2.24) is 35.0 Å². The van der Waals surface area contributed by atoms with Gasteiger partial charge in [-0.05, 0) is 57.2 Å². The molecule has 204 valence electrons. The van der Waals surface area contributed by atoms with E-state index in [0.717, 1.165) is 50.3 Å². The van der Waals surface area contributed by atoms with Crippen molar-refractivity contribution in [2.75, 3.05) is 30.8 Å². The van der Waals surface area contributed by atoms with E-state index in [4.69, 9.17) is 0 Å². The lowest BCUT2D eigenvalue weighted by atomic mass is 10.1. The minimum Gasteiger partial charge on any atom is -0.366 e. The predicted molar refractivity (Wildman–Crippen MR) is 130 cm³/mol. The fourth-order valence-corrected chi connectivity index (χ4v) is 4.14. The van der Waals surface area contributed by atoms with E-state index in [-0.39, 0.29) is 34.5 Å². The highest BCUT2D eigenvalue weighted by molar-refractivity contribution is 5.87. The second-order valence-electron chi connectivity index (χ2n) is 9.05. The number of alkyl halides is 6. The molecule has 0 saturated carbocycles. The van der Waals surface area contributed by atoms with Crippen LogP contribution >= 0.6 is 0 Å². The van der Waals surface area contributed by atoms with Gasteiger partial charge in [-0.15, -0.1) is 10.2 Å². The third-order valence-corrected chi connectivity index (χ3v) is 6.21. The first-order chi connectivity index (χ1) is 18.5. The number of piperidine rings is 1. The molecule has 0 bridgehead atoms. The normalized spacial score (nSPS) is 15.5. The highest BCUT2D eigenvalue weighted by atomic mass is 19.4. The van der Waals surface area contributed by atoms with Gasteiger partial charge in [0.15, 0.2) is 5.65 Å². The van der Waals surface area contributed by atoms with Gasteiger partial charge in [-0.25, -0.2) is 19.9 Å². The van der Waals surface area contributed by atoms with Crippen molar-refractivity contribution in [3.8, 4) is 11.4 Å². The van der Waals surface area contributed by atoms with Crippen molar-refractivity contribution < 1.29 is 26.3 Å². The summed E-state index contributed by atoms with van der Waals surface area (Å²) in [7, 11) is 1.98. The number of rotatable bonds is 5. The van der Waals surface area contributed by atoms with Gasteiger partial charge < -0.3 is 15.5 Å². The largest absolute Gasteiger partial charge is 0.418 e. The Labute approximate surface area is 217 Å². The Morgan fingerprint density at radius 3 is 2.31 bits per heavy atom. The summed E-state index contributed by atoms with van der Waals surface area (Å²) in [6.45, 7) is 1.64. The van der Waals surface area contributed by atoms with Crippen LogP contribution in [-0.2, 0) is 12.4 Å². The summed E-state index contributed by atoms with van der Waals surface area (Å²) in [4.78, 5) is 18.4. The zero-order valence-electron chi connectivity index (χ0n) is 20.3. The van der Waals surface area contributed by atoms with E-state index >= 15 is 0 Å². The maximum absolute atomic E-state index is 14.0. The number of hydrogen-bond donors (Lipinski definition) is 2. The van der Waals surface area contributed by atoms with Crippen LogP contribution < -0.4 is 10.6 Å². The molecule has 0 amide bonds. The number of aromatic nitrogens is 6. The Morgan fingerprint density at radius 2 is 1.64 bits per heavy atom. The topological polar surface area (TPSA) is 105 Å². The van der Waals surface area contributed by atoms with Crippen molar-refractivity contribution in [2.45, 2.75) is 31.2 Å². The quantitative estimate of drug-likeness (QED) is 0.327. The van der Waals surface area contributed by atoms with E-state index < -0.39 is 29.2 Å². The second kappa shape index (κ2) is 10.2. The molecule has 15 heteroatoms. The van der Waals surface area contributed by atoms with Crippen LogP contribution in [0.2, 0.25) is 0 Å². The lowest BCUT2D eigenvalue weighted by Gasteiger charge is -2.29. The van der Waals surface area contributed by atoms with E-state index in [1.165, 1.54) is 12.3 Å². The molecule has 0 spiro atoms. The van der Waals surface area contributed by atoms with Crippen molar-refractivity contribution >= 4 is 28.5 Å². The molecule has 1 fully saturated rings. The minimum atomic E-state index is -4.74. The van der Waals surface area contributed by atoms with Gasteiger partial charge in [0.2, 0.25) is 0 Å². The molecule has 5 heterocycles. The number of nitrogens with zero attached hydrogens (tertiary/aromatic N) is 7. The van der Waals surface area contributed by atoms with Crippen LogP contribution in [-0.4, -0.2) is 61.2 Å². The number of anilines is 3. The van der Waals surface area contributed by atoms with Crippen LogP contribution in [0.5, 0.6) is 0 Å². The fourth-order valence-electron chi connectivity index (χ4n) is 4.14. The average Bonchev–Trinajstić information content (AvgIpc) is 2.89. The molecule has 39 heavy (non-hydrogen) atoms. The molecule has 2 N–H and O–H groups in total. The molecule has 1 aliphatic heterocycles. The molecule has 1 saturated heterocycles. The SMILES string of the molecule is CN1CCC(Nc2cc(C(F)(F)F)c(-c3cnc4c(Nc5ccc(C(F)(F)F)cn5)ccnc4n3)nn2)CC1. The molecule has 0 aliphatic carbocycles. The Hall–Kier alpha value is -4.14. The van der Waals surface area contributed by atoms with Crippen LogP contribution in [0.25, 0.3) is 22.6 Å². The van der Waals surface area contributed by atoms with Crippen LogP contribution in [0.4, 0.5) is 43.7 Å². The Bertz CT molecular complexity index is 1470. The minimum absolute atomic E-state index is 0.00661. The first-order valence-electron chi connectivity index (χ1n) is 11.8. The average molecular weight is 549 g/mol. The molecule has 0 radical (unpaired) electrons. The maximum Gasteiger partial charge on any atom is 0.418 e. The van der Waals surface area contributed by atoms with Crippen LogP contribution in [0.1, 0.15) is 24.0 Å². The van der Waals surface area contributed by atoms with Gasteiger partial charge in [0.05, 0.1) is 23.0 Å². The molecule has 0 atom stereocenters. The summed E-state index contributed by atoms with van der Waals surface area (Å²) in [6, 6.07) is 4.39. The molecule has 0 unspecified atom stereocenters. The Balaban J connectivity index is 1.43. The fraction of sp³-hybridized carbons (Fsp3) is 0.333. The zero-order valence-corrected chi connectivity index (χ0v) is 20.3. The standard InChI is InChI=1S/C24H21F6N9/c1-39-8-5-14(6-9-39)34-19-10-15(24(28,29)30)20(38-37-19)17-12-33-21-16(4-7-31-22(21)36-17)35-18-3-2-13(11-32-18)23(25,26)27/h2-4,7,10-12,14H,5-6,8-9H2,1H3,(H,34,37)(H,31,32,35,36). The number of hydrogen-bond acceptors (Lipinski definition) is 9. The summed E-state index contributed by atoms with van der Waals surface area (Å²) < 4.78 is 80.4. The third-order valence-electron chi connectivity index (χ3n) is 6.21. The van der Waals surface area contributed by atoms with Gasteiger partial charge in [-0.3, -0.25) is 0 Å². The monoisotopic (exact) mass is 549 g/mol. The number of likely N-dealkylation sites (tertiary alicyclic amines) is 1. The molecule has 4 aromatic heterocycles. The summed E-state index contributed by atoms with van der Waals surface area (Å²) in [5.41, 5.74) is -2.17. The molecular formula is C24H21F6N9. The van der Waals surface area contributed by atoms with Gasteiger partial charge in [-0.2, -0.15) is 26.3 Å². The van der Waals surface area contributed by atoms with Crippen molar-refractivity contribution in [3.63, 3.8) is 0 Å². The summed E-state index contributed by atoms with van der Waals surface area (Å²) >= 11 is 0. The number of halogens is 6. The summed E-state index contributed by atoms with van der Waals surface area (Å²) in [5.74, 6) is 0.113. The molecule has 4 aromatic rings. The van der Waals surface area contributed by atoms with Crippen molar-refractivity contribution in [1.29, 1.82) is 0 Å². The number of nitrogens with one attached hydrogen (secondary N) is 2. The predicted octanol–water partition coefficient (Wildman–Crippen LogP) is 5.16. The molecule has 9 nitrogen and oxygen atoms in total. The van der Waals surface area contributed by atoms with E-state index in [9.17, 15) is 26.3 Å². The van der Waals surface area contributed by atoms with Crippen LogP contribution in [0, 0.1) is 0 Å². The van der Waals surface area contributed by atoms with Crippen molar-refractivity contribution in [3.05, 3.63) is 54.0 Å². The lowest BCUT2D eigenvalue weighted by Crippen LogP contribution is -2.37. The van der Waals surface area contributed by atoms with Crippen molar-refractivity contribution in [2.24, 2.45) is 0 Å². The second-order valence-corrected chi connectivity index (χ2v) is 9.05. The first-order valence-corrected chi connectivity index (χ1v) is 11.8. The highest BCUT2D eigenvalue weighted by Gasteiger charge is 2.36. The summed E-state index contributed by atoms with van der Waals surface area (Å²) in [6.07, 6.45) is -4.62. The summed E-state index contributed by atoms with van der Waals surface area (Å²) in [5, 5.41) is 13.7. The van der Waals surface area contributed by atoms with Crippen LogP contribution in [0.3, 0.4) is 0 Å². The Kier molecular flexibility index (Phi) is 6.92. The van der Waals surface area contributed by atoms with E-state index in [0.29, 0.717) is 11.9 Å². The van der Waals surface area contributed by atoms with E-state index in [1.54, 1.807) is 0 Å². The Morgan fingerprint density at radius 1 is 0.872 bits per heavy atom. The van der Waals surface area contributed by atoms with Gasteiger partial charge >= 0.3 is 12.4 Å². The number of pyridine rings is 2. The number of fused-ring (bicyclic) bond motifs is 1. The van der Waals surface area contributed by atoms with Gasteiger partial charge in [0, 0.05) is 18.4 Å². The molecular weight excluding hydrogens is 528 g/mol. The molecule has 5 rings (SSSR count). The molecule has 1 aliphatic rings. The maximum atomic E-state index is 14.0. The van der Waals surface area contributed by atoms with E-state index in [2.05, 4.69) is 45.7 Å². The lowest BCUT2D eigenvalue weighted by molar-refractivity contribution is -0.138. The molecule has 0 aromatic carbocycles. The smallest absolute Gasteiger partial charge is 0.366 e. The first kappa shape index (κ1) is 26.5. The van der Waals surface area contributed by atoms with Gasteiger partial charge in [0.25, 0.3) is 0 Å². The van der Waals surface area contributed by atoms with E-state index in [1.807, 2.05) is 7.05 Å². The van der Waals surface area contributed by atoms with Gasteiger partial charge in [0.1, 0.15) is 28.5 Å². The zero-order chi connectivity index (χ0) is 27.8. The third kappa shape index (κ3) is 5.97.